The predicted octanol–water partition coefficient (Wildman–Crippen LogP) is 3.45. The zero-order valence-corrected chi connectivity index (χ0v) is 13.7. The molecule has 2 aromatic heterocycles. The number of rotatable bonds is 6. The average Bonchev–Trinajstić information content (AvgIpc) is 2.82. The van der Waals surface area contributed by atoms with Gasteiger partial charge in [-0.25, -0.2) is 9.97 Å². The topological polar surface area (TPSA) is 51.0 Å². The van der Waals surface area contributed by atoms with Crippen molar-refractivity contribution >= 4 is 0 Å². The van der Waals surface area contributed by atoms with Gasteiger partial charge in [-0.2, -0.15) is 0 Å². The minimum absolute atomic E-state index is 0.676. The molecule has 21 heavy (non-hydrogen) atoms. The molecule has 4 heteroatoms. The lowest BCUT2D eigenvalue weighted by Gasteiger charge is -2.12. The smallest absolute Gasteiger partial charge is 0.163 e. The Kier molecular flexibility index (Phi) is 5.12. The molecular formula is C17H25N3O. The maximum atomic E-state index is 5.34. The van der Waals surface area contributed by atoms with E-state index in [0.29, 0.717) is 5.92 Å². The van der Waals surface area contributed by atoms with Gasteiger partial charge in [0, 0.05) is 11.4 Å². The van der Waals surface area contributed by atoms with Gasteiger partial charge >= 0.3 is 0 Å². The number of nitrogens with one attached hydrogen (secondary N) is 1. The van der Waals surface area contributed by atoms with Crippen LogP contribution in [0.1, 0.15) is 36.6 Å². The highest BCUT2D eigenvalue weighted by atomic mass is 16.3. The summed E-state index contributed by atoms with van der Waals surface area (Å²) in [5.41, 5.74) is 4.34. The Labute approximate surface area is 127 Å². The summed E-state index contributed by atoms with van der Waals surface area (Å²) in [6.45, 7) is 12.5. The van der Waals surface area contributed by atoms with Crippen LogP contribution in [0.5, 0.6) is 0 Å². The number of aromatic nitrogens is 2. The summed E-state index contributed by atoms with van der Waals surface area (Å²) in [5.74, 6) is 2.30. The summed E-state index contributed by atoms with van der Waals surface area (Å²) < 4.78 is 5.34. The van der Waals surface area contributed by atoms with Crippen molar-refractivity contribution < 1.29 is 4.42 Å². The first-order valence-electron chi connectivity index (χ1n) is 7.58. The monoisotopic (exact) mass is 287 g/mol. The molecule has 2 heterocycles. The molecule has 1 N–H and O–H groups in total. The molecule has 0 aromatic carbocycles. The summed E-state index contributed by atoms with van der Waals surface area (Å²) in [5, 5.41) is 3.47. The quantitative estimate of drug-likeness (QED) is 0.827. The minimum Gasteiger partial charge on any atom is -0.469 e. The summed E-state index contributed by atoms with van der Waals surface area (Å²) in [6.07, 6.45) is 2.65. The third kappa shape index (κ3) is 3.91. The van der Waals surface area contributed by atoms with Gasteiger partial charge in [-0.15, -0.1) is 0 Å². The second kappa shape index (κ2) is 6.85. The van der Waals surface area contributed by atoms with Crippen molar-refractivity contribution in [1.82, 2.24) is 15.3 Å². The summed E-state index contributed by atoms with van der Waals surface area (Å²) in [7, 11) is 0. The first-order valence-corrected chi connectivity index (χ1v) is 7.58. The van der Waals surface area contributed by atoms with Crippen molar-refractivity contribution in [2.24, 2.45) is 5.92 Å². The lowest BCUT2D eigenvalue weighted by atomic mass is 10.1. The fraction of sp³-hybridized carbons (Fsp3) is 0.529. The molecule has 0 amide bonds. The number of hydrogen-bond donors (Lipinski definition) is 1. The number of nitrogens with zero attached hydrogens (tertiary/aromatic N) is 2. The third-order valence-corrected chi connectivity index (χ3v) is 3.62. The Bertz CT molecular complexity index is 579. The van der Waals surface area contributed by atoms with Crippen LogP contribution in [0, 0.1) is 26.7 Å². The second-order valence-electron chi connectivity index (χ2n) is 5.94. The van der Waals surface area contributed by atoms with Crippen LogP contribution in [0.15, 0.2) is 16.7 Å². The van der Waals surface area contributed by atoms with E-state index in [1.807, 2.05) is 13.0 Å². The molecule has 0 unspecified atom stereocenters. The van der Waals surface area contributed by atoms with Gasteiger partial charge < -0.3 is 9.73 Å². The molecule has 0 atom stereocenters. The summed E-state index contributed by atoms with van der Waals surface area (Å²) in [4.78, 5) is 9.30. The molecule has 0 saturated carbocycles. The van der Waals surface area contributed by atoms with Crippen molar-refractivity contribution in [3.8, 4) is 11.4 Å². The van der Waals surface area contributed by atoms with Crippen LogP contribution in [-0.4, -0.2) is 23.1 Å². The van der Waals surface area contributed by atoms with Crippen LogP contribution in [0.2, 0.25) is 0 Å². The molecule has 4 nitrogen and oxygen atoms in total. The minimum atomic E-state index is 0.676. The Morgan fingerprint density at radius 2 is 1.81 bits per heavy atom. The maximum absolute atomic E-state index is 5.34. The zero-order chi connectivity index (χ0) is 15.4. The first kappa shape index (κ1) is 15.7. The van der Waals surface area contributed by atoms with E-state index in [4.69, 9.17) is 4.42 Å². The Balaban J connectivity index is 2.12. The molecule has 0 aliphatic heterocycles. The number of furan rings is 1. The molecule has 0 aliphatic rings. The number of hydrogen-bond acceptors (Lipinski definition) is 4. The largest absolute Gasteiger partial charge is 0.469 e. The van der Waals surface area contributed by atoms with E-state index in [-0.39, 0.29) is 0 Å². The van der Waals surface area contributed by atoms with Crippen molar-refractivity contribution in [1.29, 1.82) is 0 Å². The van der Waals surface area contributed by atoms with Crippen LogP contribution in [0.25, 0.3) is 11.4 Å². The predicted molar refractivity (Wildman–Crippen MR) is 85.4 cm³/mol. The van der Waals surface area contributed by atoms with Gasteiger partial charge in [0.1, 0.15) is 5.76 Å². The maximum Gasteiger partial charge on any atom is 0.163 e. The lowest BCUT2D eigenvalue weighted by Crippen LogP contribution is -2.23. The summed E-state index contributed by atoms with van der Waals surface area (Å²) in [6, 6.07) is 1.92. The first-order chi connectivity index (χ1) is 9.99. The molecule has 0 radical (unpaired) electrons. The van der Waals surface area contributed by atoms with Gasteiger partial charge in [-0.3, -0.25) is 0 Å². The molecule has 0 saturated heterocycles. The van der Waals surface area contributed by atoms with Crippen LogP contribution in [0.3, 0.4) is 0 Å². The van der Waals surface area contributed by atoms with E-state index >= 15 is 0 Å². The Hall–Kier alpha value is -1.68. The molecule has 0 bridgehead atoms. The van der Waals surface area contributed by atoms with Crippen molar-refractivity contribution in [3.05, 3.63) is 35.0 Å². The van der Waals surface area contributed by atoms with E-state index in [9.17, 15) is 0 Å². The molecule has 2 rings (SSSR count). The molecule has 0 fully saturated rings. The average molecular weight is 287 g/mol. The van der Waals surface area contributed by atoms with Crippen LogP contribution >= 0.6 is 0 Å². The fourth-order valence-corrected chi connectivity index (χ4v) is 2.44. The van der Waals surface area contributed by atoms with Gasteiger partial charge in [0.15, 0.2) is 5.82 Å². The Morgan fingerprint density at radius 3 is 2.33 bits per heavy atom. The van der Waals surface area contributed by atoms with E-state index in [1.165, 1.54) is 5.56 Å². The lowest BCUT2D eigenvalue weighted by molar-refractivity contribution is 0.535. The van der Waals surface area contributed by atoms with Gasteiger partial charge in [0.25, 0.3) is 0 Å². The fourth-order valence-electron chi connectivity index (χ4n) is 2.44. The highest BCUT2D eigenvalue weighted by Gasteiger charge is 2.12. The van der Waals surface area contributed by atoms with E-state index in [2.05, 4.69) is 43.0 Å². The van der Waals surface area contributed by atoms with Gasteiger partial charge in [-0.05, 0) is 57.8 Å². The third-order valence-electron chi connectivity index (χ3n) is 3.62. The van der Waals surface area contributed by atoms with Crippen molar-refractivity contribution in [2.75, 3.05) is 13.1 Å². The number of aryl methyl sites for hydroxylation is 3. The molecule has 2 aromatic rings. The Morgan fingerprint density at radius 1 is 1.14 bits per heavy atom. The highest BCUT2D eigenvalue weighted by molar-refractivity contribution is 5.57. The standard InChI is InChI=1S/C17H25N3O/c1-11(2)10-18-8-6-15-12(3)19-17(20-13(15)4)16-7-9-21-14(16)5/h7,9,11,18H,6,8,10H2,1-5H3. The van der Waals surface area contributed by atoms with Crippen molar-refractivity contribution in [3.63, 3.8) is 0 Å². The van der Waals surface area contributed by atoms with E-state index in [0.717, 1.165) is 48.0 Å². The van der Waals surface area contributed by atoms with E-state index in [1.54, 1.807) is 6.26 Å². The van der Waals surface area contributed by atoms with Gasteiger partial charge in [-0.1, -0.05) is 13.8 Å². The van der Waals surface area contributed by atoms with Gasteiger partial charge in [0.05, 0.1) is 11.8 Å². The molecule has 0 aliphatic carbocycles. The van der Waals surface area contributed by atoms with E-state index < -0.39 is 0 Å². The molecule has 114 valence electrons. The van der Waals surface area contributed by atoms with Gasteiger partial charge in [0.2, 0.25) is 0 Å². The van der Waals surface area contributed by atoms with Crippen LogP contribution < -0.4 is 5.32 Å². The second-order valence-corrected chi connectivity index (χ2v) is 5.94. The molecular weight excluding hydrogens is 262 g/mol. The summed E-state index contributed by atoms with van der Waals surface area (Å²) >= 11 is 0. The zero-order valence-electron chi connectivity index (χ0n) is 13.7. The SMILES string of the molecule is Cc1nc(-c2ccoc2C)nc(C)c1CCNCC(C)C. The normalized spacial score (nSPS) is 11.3. The van der Waals surface area contributed by atoms with Crippen LogP contribution in [-0.2, 0) is 6.42 Å². The highest BCUT2D eigenvalue weighted by Crippen LogP contribution is 2.23. The molecule has 0 spiro atoms. The van der Waals surface area contributed by atoms with Crippen LogP contribution in [0.4, 0.5) is 0 Å². The van der Waals surface area contributed by atoms with Crippen molar-refractivity contribution in [2.45, 2.75) is 41.0 Å².